The minimum absolute atomic E-state index is 0.0658. The van der Waals surface area contributed by atoms with Crippen LogP contribution in [0.4, 0.5) is 20.3 Å². The maximum atomic E-state index is 15.7. The molecule has 0 saturated carbocycles. The van der Waals surface area contributed by atoms with Crippen molar-refractivity contribution < 1.29 is 23.4 Å². The average molecular weight is 550 g/mol. The molecular formula is C29H29F2N5O4. The number of aryl methyl sites for hydroxylation is 1. The maximum Gasteiger partial charge on any atom is 0.341 e. The van der Waals surface area contributed by atoms with Crippen LogP contribution in [0.2, 0.25) is 0 Å². The van der Waals surface area contributed by atoms with Crippen LogP contribution in [0.3, 0.4) is 0 Å². The van der Waals surface area contributed by atoms with Crippen molar-refractivity contribution in [2.75, 3.05) is 37.0 Å². The Morgan fingerprint density at radius 3 is 2.62 bits per heavy atom. The molecule has 9 nitrogen and oxygen atoms in total. The zero-order valence-corrected chi connectivity index (χ0v) is 22.6. The van der Waals surface area contributed by atoms with E-state index in [1.807, 2.05) is 30.8 Å². The predicted octanol–water partition coefficient (Wildman–Crippen LogP) is 4.43. The number of benzene rings is 1. The van der Waals surface area contributed by atoms with Gasteiger partial charge in [-0.2, -0.15) is 0 Å². The SMILES string of the molecule is Cc1ccc(F)c(OC[C@H]2C[C@@H](C)CN2c2cc3c(cc2F)c(=O)c(C(=O)O)cn3-c2ccc(N(C)C)nc2)n1. The largest absolute Gasteiger partial charge is 0.477 e. The minimum Gasteiger partial charge on any atom is -0.477 e. The molecule has 5 rings (SSSR count). The zero-order chi connectivity index (χ0) is 28.7. The molecule has 1 fully saturated rings. The van der Waals surface area contributed by atoms with Gasteiger partial charge in [-0.3, -0.25) is 4.79 Å². The van der Waals surface area contributed by atoms with Crippen LogP contribution in [-0.2, 0) is 0 Å². The third-order valence-electron chi connectivity index (χ3n) is 7.07. The van der Waals surface area contributed by atoms with E-state index in [0.29, 0.717) is 35.7 Å². The first-order valence-electron chi connectivity index (χ1n) is 12.8. The molecule has 4 aromatic rings. The Hall–Kier alpha value is -4.54. The van der Waals surface area contributed by atoms with E-state index in [2.05, 4.69) is 9.97 Å². The fourth-order valence-corrected chi connectivity index (χ4v) is 5.10. The number of carbonyl (C=O) groups is 1. The Balaban J connectivity index is 1.60. The molecule has 1 saturated heterocycles. The Kier molecular flexibility index (Phi) is 7.14. The Bertz CT molecular complexity index is 1660. The highest BCUT2D eigenvalue weighted by Crippen LogP contribution is 2.34. The van der Waals surface area contributed by atoms with Crippen molar-refractivity contribution in [3.8, 4) is 11.6 Å². The van der Waals surface area contributed by atoms with Gasteiger partial charge < -0.3 is 24.2 Å². The second kappa shape index (κ2) is 10.6. The lowest BCUT2D eigenvalue weighted by Crippen LogP contribution is -2.35. The zero-order valence-electron chi connectivity index (χ0n) is 22.6. The van der Waals surface area contributed by atoms with E-state index in [1.54, 1.807) is 37.4 Å². The summed E-state index contributed by atoms with van der Waals surface area (Å²) in [7, 11) is 3.68. The first kappa shape index (κ1) is 27.0. The van der Waals surface area contributed by atoms with Gasteiger partial charge in [0.15, 0.2) is 5.82 Å². The highest BCUT2D eigenvalue weighted by atomic mass is 19.1. The lowest BCUT2D eigenvalue weighted by molar-refractivity contribution is 0.0695. The number of fused-ring (bicyclic) bond motifs is 1. The number of carboxylic acid groups (broad SMARTS) is 1. The number of hydrogen-bond donors (Lipinski definition) is 1. The minimum atomic E-state index is -1.41. The summed E-state index contributed by atoms with van der Waals surface area (Å²) in [4.78, 5) is 37.1. The van der Waals surface area contributed by atoms with Crippen molar-refractivity contribution in [1.82, 2.24) is 14.5 Å². The molecule has 1 aromatic carbocycles. The lowest BCUT2D eigenvalue weighted by atomic mass is 10.1. The summed E-state index contributed by atoms with van der Waals surface area (Å²) in [6.45, 7) is 4.36. The number of anilines is 2. The predicted molar refractivity (Wildman–Crippen MR) is 148 cm³/mol. The van der Waals surface area contributed by atoms with Crippen molar-refractivity contribution in [2.24, 2.45) is 5.92 Å². The van der Waals surface area contributed by atoms with E-state index in [9.17, 15) is 19.1 Å². The molecule has 11 heteroatoms. The fraction of sp³-hybridized carbons (Fsp3) is 0.310. The van der Waals surface area contributed by atoms with Crippen molar-refractivity contribution in [2.45, 2.75) is 26.3 Å². The van der Waals surface area contributed by atoms with Crippen LogP contribution >= 0.6 is 0 Å². The van der Waals surface area contributed by atoms with Crippen LogP contribution in [0.1, 0.15) is 29.4 Å². The second-order valence-electron chi connectivity index (χ2n) is 10.3. The van der Waals surface area contributed by atoms with E-state index in [4.69, 9.17) is 4.74 Å². The standard InChI is InChI=1S/C29H29F2N5O4/c1-16-9-19(15-40-28-22(30)7-5-17(2)33-28)35(13-16)25-11-24-20(10-23(25)31)27(37)21(29(38)39)14-36(24)18-6-8-26(32-12-18)34(3)4/h5-8,10-12,14,16,19H,9,13,15H2,1-4H3,(H,38,39)/t16-,19-/m1/s1. The summed E-state index contributed by atoms with van der Waals surface area (Å²) in [6, 6.07) is 8.70. The first-order valence-corrected chi connectivity index (χ1v) is 12.8. The third-order valence-corrected chi connectivity index (χ3v) is 7.07. The van der Waals surface area contributed by atoms with Crippen LogP contribution < -0.4 is 20.0 Å². The molecule has 0 radical (unpaired) electrons. The number of aromatic carboxylic acids is 1. The van der Waals surface area contributed by atoms with Crippen molar-refractivity contribution in [3.63, 3.8) is 0 Å². The van der Waals surface area contributed by atoms with E-state index < -0.39 is 28.6 Å². The van der Waals surface area contributed by atoms with Gasteiger partial charge in [-0.15, -0.1) is 0 Å². The molecule has 40 heavy (non-hydrogen) atoms. The normalized spacial score (nSPS) is 16.9. The Morgan fingerprint density at radius 1 is 1.18 bits per heavy atom. The van der Waals surface area contributed by atoms with Gasteiger partial charge in [0.25, 0.3) is 5.88 Å². The van der Waals surface area contributed by atoms with E-state index in [0.717, 1.165) is 6.07 Å². The molecule has 0 bridgehead atoms. The number of halogens is 2. The van der Waals surface area contributed by atoms with Gasteiger partial charge in [0.2, 0.25) is 5.43 Å². The number of pyridine rings is 3. The molecular weight excluding hydrogens is 520 g/mol. The quantitative estimate of drug-likeness (QED) is 0.362. The summed E-state index contributed by atoms with van der Waals surface area (Å²) >= 11 is 0. The summed E-state index contributed by atoms with van der Waals surface area (Å²) in [5, 5.41) is 9.61. The molecule has 2 atom stereocenters. The monoisotopic (exact) mass is 549 g/mol. The molecule has 1 aliphatic heterocycles. The smallest absolute Gasteiger partial charge is 0.341 e. The highest BCUT2D eigenvalue weighted by Gasteiger charge is 2.33. The molecule has 208 valence electrons. The fourth-order valence-electron chi connectivity index (χ4n) is 5.10. The number of nitrogens with zero attached hydrogens (tertiary/aromatic N) is 5. The number of ether oxygens (including phenoxy) is 1. The van der Waals surface area contributed by atoms with Crippen molar-refractivity contribution in [1.29, 1.82) is 0 Å². The van der Waals surface area contributed by atoms with Gasteiger partial charge in [0, 0.05) is 37.9 Å². The van der Waals surface area contributed by atoms with Crippen LogP contribution in [0.5, 0.6) is 5.88 Å². The molecule has 0 amide bonds. The molecule has 3 aromatic heterocycles. The average Bonchev–Trinajstić information content (AvgIpc) is 3.29. The van der Waals surface area contributed by atoms with Gasteiger partial charge in [-0.25, -0.2) is 23.5 Å². The van der Waals surface area contributed by atoms with Gasteiger partial charge in [0.1, 0.15) is 23.8 Å². The van der Waals surface area contributed by atoms with Crippen LogP contribution in [0.25, 0.3) is 16.6 Å². The number of hydrogen-bond acceptors (Lipinski definition) is 7. The van der Waals surface area contributed by atoms with E-state index in [-0.39, 0.29) is 35.5 Å². The van der Waals surface area contributed by atoms with Gasteiger partial charge in [0.05, 0.1) is 29.1 Å². The third kappa shape index (κ3) is 5.06. The molecule has 1 aliphatic rings. The highest BCUT2D eigenvalue weighted by molar-refractivity contribution is 5.94. The van der Waals surface area contributed by atoms with E-state index >= 15 is 4.39 Å². The van der Waals surface area contributed by atoms with Gasteiger partial charge in [-0.05, 0) is 55.7 Å². The summed E-state index contributed by atoms with van der Waals surface area (Å²) in [6.07, 6.45) is 3.47. The second-order valence-corrected chi connectivity index (χ2v) is 10.3. The molecule has 1 N–H and O–H groups in total. The Morgan fingerprint density at radius 2 is 1.95 bits per heavy atom. The van der Waals surface area contributed by atoms with Gasteiger partial charge >= 0.3 is 5.97 Å². The van der Waals surface area contributed by atoms with Crippen LogP contribution in [-0.4, -0.2) is 58.9 Å². The molecule has 0 unspecified atom stereocenters. The number of carboxylic acids is 1. The molecule has 0 aliphatic carbocycles. The Labute approximate surface area is 229 Å². The van der Waals surface area contributed by atoms with Crippen LogP contribution in [0.15, 0.2) is 53.6 Å². The maximum absolute atomic E-state index is 15.7. The summed E-state index contributed by atoms with van der Waals surface area (Å²) in [5.74, 6) is -1.88. The van der Waals surface area contributed by atoms with Crippen molar-refractivity contribution >= 4 is 28.4 Å². The topological polar surface area (TPSA) is 101 Å². The number of aromatic nitrogens is 3. The first-order chi connectivity index (χ1) is 19.0. The summed E-state index contributed by atoms with van der Waals surface area (Å²) in [5.41, 5.74) is 0.420. The van der Waals surface area contributed by atoms with E-state index in [1.165, 1.54) is 16.8 Å². The van der Waals surface area contributed by atoms with Crippen LogP contribution in [0, 0.1) is 24.5 Å². The lowest BCUT2D eigenvalue weighted by Gasteiger charge is -2.28. The number of rotatable bonds is 7. The summed E-state index contributed by atoms with van der Waals surface area (Å²) < 4.78 is 37.2. The molecule has 0 spiro atoms. The molecule has 4 heterocycles. The van der Waals surface area contributed by atoms with Gasteiger partial charge in [-0.1, -0.05) is 6.92 Å². The van der Waals surface area contributed by atoms with Crippen molar-refractivity contribution in [3.05, 3.63) is 81.9 Å².